The molecule has 2 saturated heterocycles. The number of pyridine rings is 1. The number of nitrogens with zero attached hydrogens (tertiary/aromatic N) is 2. The first-order chi connectivity index (χ1) is 19.8. The van der Waals surface area contributed by atoms with Crippen LogP contribution in [-0.4, -0.2) is 66.8 Å². The van der Waals surface area contributed by atoms with Crippen LogP contribution < -0.4 is 20.5 Å². The molecular weight excluding hydrogens is 540 g/mol. The highest BCUT2D eigenvalue weighted by Gasteiger charge is 2.41. The number of amides is 1. The molecule has 41 heavy (non-hydrogen) atoms. The number of carbonyl (C=O) groups excluding carboxylic acids is 1. The number of aryl methyl sites for hydroxylation is 2. The number of nitrogens with one attached hydrogen (secondary N) is 2. The molecule has 9 heteroatoms. The number of hydrogen-bond acceptors (Lipinski definition) is 6. The topological polar surface area (TPSA) is 86.9 Å². The van der Waals surface area contributed by atoms with Crippen molar-refractivity contribution in [1.29, 1.82) is 0 Å². The van der Waals surface area contributed by atoms with E-state index in [2.05, 4.69) is 27.0 Å². The normalized spacial score (nSPS) is 19.4. The number of aromatic amines is 1. The molecule has 2 aliphatic heterocycles. The molecule has 8 nitrogen and oxygen atoms in total. The number of hydrogen-bond donors (Lipinski definition) is 2. The van der Waals surface area contributed by atoms with Gasteiger partial charge in [0.25, 0.3) is 11.5 Å². The summed E-state index contributed by atoms with van der Waals surface area (Å²) in [6, 6.07) is 6.01. The third kappa shape index (κ3) is 6.92. The van der Waals surface area contributed by atoms with Crippen molar-refractivity contribution in [3.05, 3.63) is 56.0 Å². The maximum absolute atomic E-state index is 13.7. The van der Waals surface area contributed by atoms with Crippen LogP contribution in [0, 0.1) is 13.8 Å². The summed E-state index contributed by atoms with van der Waals surface area (Å²) >= 11 is 7.04. The Kier molecular flexibility index (Phi) is 9.62. The predicted molar refractivity (Wildman–Crippen MR) is 164 cm³/mol. The lowest BCUT2D eigenvalue weighted by Gasteiger charge is -2.46. The quantitative estimate of drug-likeness (QED) is 0.391. The van der Waals surface area contributed by atoms with Crippen LogP contribution >= 0.6 is 11.6 Å². The molecule has 0 unspecified atom stereocenters. The number of rotatable bonds is 10. The van der Waals surface area contributed by atoms with Gasteiger partial charge in [0.2, 0.25) is 0 Å². The van der Waals surface area contributed by atoms with Crippen LogP contribution in [0.15, 0.2) is 23.0 Å². The summed E-state index contributed by atoms with van der Waals surface area (Å²) in [5.41, 5.74) is 2.95. The molecule has 1 saturated carbocycles. The minimum atomic E-state index is -0.317. The summed E-state index contributed by atoms with van der Waals surface area (Å²) in [4.78, 5) is 33.9. The fourth-order valence-corrected chi connectivity index (χ4v) is 6.95. The Morgan fingerprint density at radius 1 is 1.15 bits per heavy atom. The molecule has 0 radical (unpaired) electrons. The second-order valence-corrected chi connectivity index (χ2v) is 12.4. The van der Waals surface area contributed by atoms with E-state index in [1.165, 1.54) is 19.3 Å². The van der Waals surface area contributed by atoms with E-state index < -0.39 is 0 Å². The van der Waals surface area contributed by atoms with Gasteiger partial charge >= 0.3 is 0 Å². The van der Waals surface area contributed by atoms with E-state index in [0.29, 0.717) is 35.1 Å². The summed E-state index contributed by atoms with van der Waals surface area (Å²) in [6.07, 6.45) is 8.77. The lowest BCUT2D eigenvalue weighted by atomic mass is 9.79. The molecule has 2 N–H and O–H groups in total. The molecule has 3 fully saturated rings. The number of ether oxygens (including phenoxy) is 2. The van der Waals surface area contributed by atoms with Gasteiger partial charge in [0, 0.05) is 56.2 Å². The highest BCUT2D eigenvalue weighted by atomic mass is 35.5. The van der Waals surface area contributed by atoms with Crippen LogP contribution in [0.25, 0.3) is 0 Å². The van der Waals surface area contributed by atoms with Crippen LogP contribution in [-0.2, 0) is 11.3 Å². The average Bonchev–Trinajstić information content (AvgIpc) is 2.94. The molecule has 0 atom stereocenters. The maximum atomic E-state index is 13.7. The number of carbonyl (C=O) groups is 1. The summed E-state index contributed by atoms with van der Waals surface area (Å²) in [5, 5.41) is 3.37. The lowest BCUT2D eigenvalue weighted by Crippen LogP contribution is -2.53. The van der Waals surface area contributed by atoms with Crippen LogP contribution in [0.5, 0.6) is 5.75 Å². The van der Waals surface area contributed by atoms with Gasteiger partial charge in [0.05, 0.1) is 16.3 Å². The highest BCUT2D eigenvalue weighted by molar-refractivity contribution is 6.36. The van der Waals surface area contributed by atoms with Crippen LogP contribution in [0.1, 0.15) is 85.5 Å². The van der Waals surface area contributed by atoms with Crippen LogP contribution in [0.2, 0.25) is 5.02 Å². The SMILES string of the molecule is CCN(c1cc(OC2(CN3CCCCC3)CCC2)cc(C(=O)NCc2c(C)cc(C)[nH]c2=O)c1Cl)C1CCOCC1. The second-order valence-electron chi connectivity index (χ2n) is 12.0. The Morgan fingerprint density at radius 3 is 2.51 bits per heavy atom. The van der Waals surface area contributed by atoms with E-state index >= 15 is 0 Å². The van der Waals surface area contributed by atoms with Crippen molar-refractivity contribution in [3.8, 4) is 5.75 Å². The van der Waals surface area contributed by atoms with Gasteiger partial charge in [-0.15, -0.1) is 0 Å². The van der Waals surface area contributed by atoms with Crippen molar-refractivity contribution in [1.82, 2.24) is 15.2 Å². The first kappa shape index (κ1) is 29.9. The van der Waals surface area contributed by atoms with Crippen molar-refractivity contribution >= 4 is 23.2 Å². The maximum Gasteiger partial charge on any atom is 0.253 e. The molecule has 1 aromatic heterocycles. The van der Waals surface area contributed by atoms with Crippen molar-refractivity contribution < 1.29 is 14.3 Å². The molecule has 1 aromatic carbocycles. The highest BCUT2D eigenvalue weighted by Crippen LogP contribution is 2.42. The van der Waals surface area contributed by atoms with E-state index in [4.69, 9.17) is 21.1 Å². The fraction of sp³-hybridized carbons (Fsp3) is 0.625. The average molecular weight is 585 g/mol. The van der Waals surface area contributed by atoms with Gasteiger partial charge < -0.3 is 24.7 Å². The van der Waals surface area contributed by atoms with Gasteiger partial charge in [-0.1, -0.05) is 18.0 Å². The molecule has 5 rings (SSSR count). The number of halogens is 1. The van der Waals surface area contributed by atoms with Crippen molar-refractivity contribution in [2.45, 2.75) is 90.3 Å². The molecule has 0 bridgehead atoms. The molecule has 3 aliphatic rings. The molecule has 2 aromatic rings. The Morgan fingerprint density at radius 2 is 1.88 bits per heavy atom. The minimum Gasteiger partial charge on any atom is -0.486 e. The third-order valence-electron chi connectivity index (χ3n) is 9.03. The van der Waals surface area contributed by atoms with E-state index in [-0.39, 0.29) is 29.7 Å². The van der Waals surface area contributed by atoms with Gasteiger partial charge in [-0.25, -0.2) is 0 Å². The van der Waals surface area contributed by atoms with Crippen molar-refractivity contribution in [2.75, 3.05) is 44.3 Å². The van der Waals surface area contributed by atoms with Gasteiger partial charge in [0.1, 0.15) is 11.4 Å². The van der Waals surface area contributed by atoms with E-state index in [1.54, 1.807) is 6.07 Å². The predicted octanol–water partition coefficient (Wildman–Crippen LogP) is 5.37. The zero-order valence-corrected chi connectivity index (χ0v) is 25.6. The Bertz CT molecular complexity index is 1280. The Balaban J connectivity index is 1.45. The largest absolute Gasteiger partial charge is 0.486 e. The lowest BCUT2D eigenvalue weighted by molar-refractivity contribution is -0.0392. The third-order valence-corrected chi connectivity index (χ3v) is 9.43. The number of anilines is 1. The van der Waals surface area contributed by atoms with Gasteiger partial charge in [-0.3, -0.25) is 14.5 Å². The summed E-state index contributed by atoms with van der Waals surface area (Å²) in [6.45, 7) is 11.3. The van der Waals surface area contributed by atoms with E-state index in [1.807, 2.05) is 26.0 Å². The van der Waals surface area contributed by atoms with Gasteiger partial charge in [-0.05, 0) is 96.5 Å². The molecule has 0 spiro atoms. The van der Waals surface area contributed by atoms with Crippen LogP contribution in [0.4, 0.5) is 5.69 Å². The van der Waals surface area contributed by atoms with E-state index in [0.717, 1.165) is 75.2 Å². The number of benzene rings is 1. The zero-order chi connectivity index (χ0) is 29.0. The standard InChI is InChI=1S/C32H45ClN4O4/c1-4-37(24-9-15-40-16-10-24)28-19-25(41-32(11-8-12-32)21-36-13-6-5-7-14-36)18-26(29(28)33)30(38)34-20-27-22(2)17-23(3)35-31(27)39/h17-19,24H,4-16,20-21H2,1-3H3,(H,34,38)(H,35,39). The van der Waals surface area contributed by atoms with E-state index in [9.17, 15) is 9.59 Å². The van der Waals surface area contributed by atoms with Crippen molar-refractivity contribution in [3.63, 3.8) is 0 Å². The number of H-pyrrole nitrogens is 1. The Labute approximate surface area is 248 Å². The summed E-state index contributed by atoms with van der Waals surface area (Å²) < 4.78 is 12.5. The smallest absolute Gasteiger partial charge is 0.253 e. The molecule has 1 aliphatic carbocycles. The summed E-state index contributed by atoms with van der Waals surface area (Å²) in [7, 11) is 0. The monoisotopic (exact) mass is 584 g/mol. The molecular formula is C32H45ClN4O4. The fourth-order valence-electron chi connectivity index (χ4n) is 6.64. The first-order valence-electron chi connectivity index (χ1n) is 15.4. The number of likely N-dealkylation sites (tertiary alicyclic amines) is 1. The number of aromatic nitrogens is 1. The Hall–Kier alpha value is -2.55. The summed E-state index contributed by atoms with van der Waals surface area (Å²) in [5.74, 6) is 0.365. The zero-order valence-electron chi connectivity index (χ0n) is 24.8. The number of piperidine rings is 1. The van der Waals surface area contributed by atoms with Gasteiger partial charge in [-0.2, -0.15) is 0 Å². The van der Waals surface area contributed by atoms with Gasteiger partial charge in [0.15, 0.2) is 0 Å². The molecule has 1 amide bonds. The first-order valence-corrected chi connectivity index (χ1v) is 15.7. The molecule has 3 heterocycles. The molecule has 224 valence electrons. The minimum absolute atomic E-state index is 0.118. The second kappa shape index (κ2) is 13.2. The van der Waals surface area contributed by atoms with Crippen LogP contribution in [0.3, 0.4) is 0 Å². The van der Waals surface area contributed by atoms with Crippen molar-refractivity contribution in [2.24, 2.45) is 0 Å².